The predicted octanol–water partition coefficient (Wildman–Crippen LogP) is 3.50. The fraction of sp³-hybridized carbons (Fsp3) is 0.300. The van der Waals surface area contributed by atoms with Crippen LogP contribution in [-0.4, -0.2) is 18.4 Å². The van der Waals surface area contributed by atoms with Gasteiger partial charge in [-0.25, -0.2) is 0 Å². The number of carbonyl (C=O) groups excluding carboxylic acids is 2. The Hall–Kier alpha value is -2.62. The first-order valence-corrected chi connectivity index (χ1v) is 8.25. The van der Waals surface area contributed by atoms with Crippen LogP contribution in [0.15, 0.2) is 54.6 Å². The summed E-state index contributed by atoms with van der Waals surface area (Å²) in [6, 6.07) is 17.4. The molecule has 0 saturated carbocycles. The first kappa shape index (κ1) is 17.7. The lowest BCUT2D eigenvalue weighted by atomic mass is 10.0. The molecule has 0 aliphatic rings. The molecule has 0 atom stereocenters. The van der Waals surface area contributed by atoms with Gasteiger partial charge in [0.1, 0.15) is 0 Å². The Morgan fingerprint density at radius 1 is 0.917 bits per heavy atom. The number of hydrogen-bond acceptors (Lipinski definition) is 2. The Kier molecular flexibility index (Phi) is 6.55. The molecule has 0 unspecified atom stereocenters. The molecule has 2 aromatic rings. The third-order valence-corrected chi connectivity index (χ3v) is 3.74. The fourth-order valence-corrected chi connectivity index (χ4v) is 2.33. The zero-order chi connectivity index (χ0) is 17.4. The van der Waals surface area contributed by atoms with Gasteiger partial charge in [-0.1, -0.05) is 56.3 Å². The molecule has 24 heavy (non-hydrogen) atoms. The summed E-state index contributed by atoms with van der Waals surface area (Å²) in [7, 11) is 0. The van der Waals surface area contributed by atoms with Crippen molar-refractivity contribution in [1.29, 1.82) is 0 Å². The van der Waals surface area contributed by atoms with E-state index in [2.05, 4.69) is 24.5 Å². The van der Waals surface area contributed by atoms with Crippen molar-refractivity contribution in [3.8, 4) is 0 Å². The number of nitrogens with one attached hydrogen (secondary N) is 2. The smallest absolute Gasteiger partial charge is 0.226 e. The molecule has 0 heterocycles. The second-order valence-electron chi connectivity index (χ2n) is 6.09. The van der Waals surface area contributed by atoms with Crippen LogP contribution in [0, 0.1) is 0 Å². The summed E-state index contributed by atoms with van der Waals surface area (Å²) in [5, 5.41) is 5.61. The standard InChI is InChI=1S/C20H24N2O2/c1-15(2)17-8-10-18(11-9-17)22-19(23)12-13-21-20(24)14-16-6-4-3-5-7-16/h3-11,15H,12-14H2,1-2H3,(H,21,24)(H,22,23). The quantitative estimate of drug-likeness (QED) is 0.819. The summed E-state index contributed by atoms with van der Waals surface area (Å²) in [6.45, 7) is 4.60. The normalized spacial score (nSPS) is 10.5. The minimum atomic E-state index is -0.104. The Bertz CT molecular complexity index is 664. The summed E-state index contributed by atoms with van der Waals surface area (Å²) >= 11 is 0. The lowest BCUT2D eigenvalue weighted by Crippen LogP contribution is -2.28. The second kappa shape index (κ2) is 8.87. The molecule has 0 fully saturated rings. The minimum Gasteiger partial charge on any atom is -0.355 e. The number of rotatable bonds is 7. The SMILES string of the molecule is CC(C)c1ccc(NC(=O)CCNC(=O)Cc2ccccc2)cc1. The van der Waals surface area contributed by atoms with E-state index in [-0.39, 0.29) is 18.2 Å². The lowest BCUT2D eigenvalue weighted by Gasteiger charge is -2.09. The second-order valence-corrected chi connectivity index (χ2v) is 6.09. The van der Waals surface area contributed by atoms with E-state index >= 15 is 0 Å². The van der Waals surface area contributed by atoms with E-state index in [1.807, 2.05) is 54.6 Å². The zero-order valence-corrected chi connectivity index (χ0v) is 14.2. The molecule has 2 amide bonds. The van der Waals surface area contributed by atoms with E-state index in [9.17, 15) is 9.59 Å². The summed E-state index contributed by atoms with van der Waals surface area (Å²) in [6.07, 6.45) is 0.589. The number of carbonyl (C=O) groups is 2. The lowest BCUT2D eigenvalue weighted by molar-refractivity contribution is -0.120. The Labute approximate surface area is 143 Å². The van der Waals surface area contributed by atoms with Crippen molar-refractivity contribution in [2.24, 2.45) is 0 Å². The average molecular weight is 324 g/mol. The number of anilines is 1. The molecule has 0 saturated heterocycles. The molecule has 0 bridgehead atoms. The molecule has 0 aliphatic carbocycles. The molecule has 126 valence electrons. The van der Waals surface area contributed by atoms with E-state index in [4.69, 9.17) is 0 Å². The van der Waals surface area contributed by atoms with Crippen molar-refractivity contribution in [2.75, 3.05) is 11.9 Å². The van der Waals surface area contributed by atoms with Crippen molar-refractivity contribution >= 4 is 17.5 Å². The highest BCUT2D eigenvalue weighted by atomic mass is 16.2. The van der Waals surface area contributed by atoms with Gasteiger partial charge < -0.3 is 10.6 Å². The molecule has 0 radical (unpaired) electrons. The molecule has 2 N–H and O–H groups in total. The molecule has 0 aliphatic heterocycles. The summed E-state index contributed by atoms with van der Waals surface area (Å²) < 4.78 is 0. The highest BCUT2D eigenvalue weighted by molar-refractivity contribution is 5.91. The molecule has 0 aromatic heterocycles. The maximum absolute atomic E-state index is 11.9. The largest absolute Gasteiger partial charge is 0.355 e. The molecule has 2 aromatic carbocycles. The fourth-order valence-electron chi connectivity index (χ4n) is 2.33. The molecule has 2 rings (SSSR count). The first-order chi connectivity index (χ1) is 11.5. The minimum absolute atomic E-state index is 0.0738. The predicted molar refractivity (Wildman–Crippen MR) is 96.9 cm³/mol. The van der Waals surface area contributed by atoms with E-state index in [0.29, 0.717) is 18.9 Å². The van der Waals surface area contributed by atoms with Gasteiger partial charge in [0.15, 0.2) is 0 Å². The van der Waals surface area contributed by atoms with Crippen molar-refractivity contribution in [3.63, 3.8) is 0 Å². The topological polar surface area (TPSA) is 58.2 Å². The van der Waals surface area contributed by atoms with Crippen molar-refractivity contribution in [2.45, 2.75) is 32.6 Å². The van der Waals surface area contributed by atoms with Crippen LogP contribution in [0.2, 0.25) is 0 Å². The van der Waals surface area contributed by atoms with Crippen LogP contribution in [-0.2, 0) is 16.0 Å². The highest BCUT2D eigenvalue weighted by Crippen LogP contribution is 2.17. The van der Waals surface area contributed by atoms with Crippen LogP contribution in [0.3, 0.4) is 0 Å². The van der Waals surface area contributed by atoms with Crippen molar-refractivity contribution < 1.29 is 9.59 Å². The first-order valence-electron chi connectivity index (χ1n) is 8.25. The third-order valence-electron chi connectivity index (χ3n) is 3.74. The Balaban J connectivity index is 1.70. The van der Waals surface area contributed by atoms with Crippen LogP contribution >= 0.6 is 0 Å². The van der Waals surface area contributed by atoms with E-state index in [0.717, 1.165) is 11.3 Å². The number of hydrogen-bond donors (Lipinski definition) is 2. The van der Waals surface area contributed by atoms with Gasteiger partial charge in [0.25, 0.3) is 0 Å². The Morgan fingerprint density at radius 3 is 2.21 bits per heavy atom. The van der Waals surface area contributed by atoms with Gasteiger partial charge in [0.05, 0.1) is 6.42 Å². The van der Waals surface area contributed by atoms with E-state index < -0.39 is 0 Å². The zero-order valence-electron chi connectivity index (χ0n) is 14.2. The molecule has 4 nitrogen and oxygen atoms in total. The Morgan fingerprint density at radius 2 is 1.58 bits per heavy atom. The van der Waals surface area contributed by atoms with Crippen LogP contribution in [0.4, 0.5) is 5.69 Å². The molecule has 0 spiro atoms. The summed E-state index contributed by atoms with van der Waals surface area (Å²) in [5.74, 6) is 0.289. The van der Waals surface area contributed by atoms with Crippen LogP contribution in [0.25, 0.3) is 0 Å². The van der Waals surface area contributed by atoms with Crippen molar-refractivity contribution in [1.82, 2.24) is 5.32 Å². The maximum atomic E-state index is 11.9. The van der Waals surface area contributed by atoms with E-state index in [1.54, 1.807) is 0 Å². The van der Waals surface area contributed by atoms with Crippen LogP contribution in [0.5, 0.6) is 0 Å². The maximum Gasteiger partial charge on any atom is 0.226 e. The molecule has 4 heteroatoms. The van der Waals surface area contributed by atoms with Crippen LogP contribution in [0.1, 0.15) is 37.3 Å². The van der Waals surface area contributed by atoms with Gasteiger partial charge in [0.2, 0.25) is 11.8 Å². The van der Waals surface area contributed by atoms with Gasteiger partial charge in [-0.05, 0) is 29.2 Å². The number of amides is 2. The highest BCUT2D eigenvalue weighted by Gasteiger charge is 2.06. The van der Waals surface area contributed by atoms with E-state index in [1.165, 1.54) is 5.56 Å². The summed E-state index contributed by atoms with van der Waals surface area (Å²) in [5.41, 5.74) is 2.98. The van der Waals surface area contributed by atoms with Crippen LogP contribution < -0.4 is 10.6 Å². The summed E-state index contributed by atoms with van der Waals surface area (Å²) in [4.78, 5) is 23.7. The van der Waals surface area contributed by atoms with Gasteiger partial charge in [-0.15, -0.1) is 0 Å². The average Bonchev–Trinajstić information content (AvgIpc) is 2.56. The number of benzene rings is 2. The van der Waals surface area contributed by atoms with Gasteiger partial charge in [-0.2, -0.15) is 0 Å². The van der Waals surface area contributed by atoms with Gasteiger partial charge in [-0.3, -0.25) is 9.59 Å². The molecular weight excluding hydrogens is 300 g/mol. The molecular formula is C20H24N2O2. The monoisotopic (exact) mass is 324 g/mol. The third kappa shape index (κ3) is 5.88. The van der Waals surface area contributed by atoms with Crippen molar-refractivity contribution in [3.05, 3.63) is 65.7 Å². The van der Waals surface area contributed by atoms with Gasteiger partial charge in [0, 0.05) is 18.7 Å². The van der Waals surface area contributed by atoms with Gasteiger partial charge >= 0.3 is 0 Å².